The summed E-state index contributed by atoms with van der Waals surface area (Å²) in [7, 11) is 1.56. The van der Waals surface area contributed by atoms with Crippen LogP contribution < -0.4 is 15.6 Å². The molecule has 0 aromatic carbocycles. The highest BCUT2D eigenvalue weighted by Gasteiger charge is 2.24. The molecule has 1 fully saturated rings. The lowest BCUT2D eigenvalue weighted by Crippen LogP contribution is -2.45. The fourth-order valence-corrected chi connectivity index (χ4v) is 4.50. The molecule has 11 nitrogen and oxygen atoms in total. The molecule has 1 amide bonds. The van der Waals surface area contributed by atoms with Crippen LogP contribution in [0.4, 0.5) is 5.82 Å². The van der Waals surface area contributed by atoms with Crippen molar-refractivity contribution < 1.29 is 19.0 Å². The molecule has 0 spiro atoms. The van der Waals surface area contributed by atoms with Crippen molar-refractivity contribution in [1.82, 2.24) is 24.4 Å². The Morgan fingerprint density at radius 1 is 1.16 bits per heavy atom. The minimum Gasteiger partial charge on any atom is -0.481 e. The molecule has 1 aliphatic heterocycles. The van der Waals surface area contributed by atoms with E-state index in [1.54, 1.807) is 35.0 Å². The predicted octanol–water partition coefficient (Wildman–Crippen LogP) is 2.73. The first kappa shape index (κ1) is 27.5. The second-order valence-corrected chi connectivity index (χ2v) is 9.10. The standard InChI is InChI=1S/C27H36N6O5/c1-4-12-37-13-11-33-22-14-20(19-8-9-23(36-3)28-15-19)16-29-25(22)31-26(27(33)35)30-17-24(34)32-10-6-7-21(18-32)38-5-2/h8-9,14-16,21H,4-7,10-13,17-18H2,1-3H3,(H,29,30,31)/t21-/m1/s1. The van der Waals surface area contributed by atoms with Crippen LogP contribution in [0.5, 0.6) is 5.88 Å². The van der Waals surface area contributed by atoms with Crippen molar-refractivity contribution in [3.63, 3.8) is 0 Å². The van der Waals surface area contributed by atoms with Crippen LogP contribution in [0.3, 0.4) is 0 Å². The number of anilines is 1. The van der Waals surface area contributed by atoms with Gasteiger partial charge in [0.15, 0.2) is 11.5 Å². The Kier molecular flexibility index (Phi) is 9.61. The lowest BCUT2D eigenvalue weighted by atomic mass is 10.1. The van der Waals surface area contributed by atoms with Gasteiger partial charge in [-0.15, -0.1) is 0 Å². The average molecular weight is 525 g/mol. The molecule has 4 rings (SSSR count). The summed E-state index contributed by atoms with van der Waals surface area (Å²) >= 11 is 0. The van der Waals surface area contributed by atoms with Crippen molar-refractivity contribution in [3.8, 4) is 17.0 Å². The Morgan fingerprint density at radius 2 is 2.00 bits per heavy atom. The number of aromatic nitrogens is 4. The van der Waals surface area contributed by atoms with Crippen molar-refractivity contribution in [3.05, 3.63) is 40.9 Å². The topological polar surface area (TPSA) is 121 Å². The molecular weight excluding hydrogens is 488 g/mol. The second kappa shape index (κ2) is 13.3. The summed E-state index contributed by atoms with van der Waals surface area (Å²) in [5.74, 6) is 0.507. The van der Waals surface area contributed by atoms with Gasteiger partial charge in [-0.1, -0.05) is 6.92 Å². The zero-order valence-electron chi connectivity index (χ0n) is 22.3. The van der Waals surface area contributed by atoms with E-state index < -0.39 is 0 Å². The molecule has 0 radical (unpaired) electrons. The van der Waals surface area contributed by atoms with E-state index in [1.165, 1.54) is 0 Å². The number of nitrogens with one attached hydrogen (secondary N) is 1. The number of methoxy groups -OCH3 is 1. The number of pyridine rings is 2. The normalized spacial score (nSPS) is 15.6. The summed E-state index contributed by atoms with van der Waals surface area (Å²) in [5.41, 5.74) is 2.27. The number of fused-ring (bicyclic) bond motifs is 1. The van der Waals surface area contributed by atoms with Gasteiger partial charge in [-0.05, 0) is 38.3 Å². The molecule has 11 heteroatoms. The van der Waals surface area contributed by atoms with Gasteiger partial charge in [0.25, 0.3) is 5.56 Å². The van der Waals surface area contributed by atoms with E-state index in [1.807, 2.05) is 26.0 Å². The summed E-state index contributed by atoms with van der Waals surface area (Å²) in [4.78, 5) is 41.4. The Labute approximate surface area is 222 Å². The van der Waals surface area contributed by atoms with Crippen LogP contribution in [-0.2, 0) is 20.8 Å². The SMILES string of the molecule is CCCOCCn1c(=O)c(NCC(=O)N2CCC[C@@H](OCC)C2)nc2ncc(-c3ccc(OC)nc3)cc21. The lowest BCUT2D eigenvalue weighted by Gasteiger charge is -2.32. The highest BCUT2D eigenvalue weighted by atomic mass is 16.5. The number of carbonyl (C=O) groups is 1. The van der Waals surface area contributed by atoms with Gasteiger partial charge in [0.05, 0.1) is 31.9 Å². The van der Waals surface area contributed by atoms with Gasteiger partial charge in [-0.2, -0.15) is 0 Å². The van der Waals surface area contributed by atoms with Crippen molar-refractivity contribution in [2.75, 3.05) is 51.9 Å². The molecule has 204 valence electrons. The van der Waals surface area contributed by atoms with Crippen LogP contribution in [-0.4, -0.2) is 83.0 Å². The Hall–Kier alpha value is -3.57. The summed E-state index contributed by atoms with van der Waals surface area (Å²) < 4.78 is 18.1. The number of piperidine rings is 1. The van der Waals surface area contributed by atoms with E-state index in [0.29, 0.717) is 56.5 Å². The number of hydrogen-bond donors (Lipinski definition) is 1. The maximum Gasteiger partial charge on any atom is 0.293 e. The number of amides is 1. The average Bonchev–Trinajstić information content (AvgIpc) is 2.95. The third-order valence-corrected chi connectivity index (χ3v) is 6.43. The molecule has 1 atom stereocenters. The third kappa shape index (κ3) is 6.65. The third-order valence-electron chi connectivity index (χ3n) is 6.43. The van der Waals surface area contributed by atoms with Gasteiger partial charge < -0.3 is 24.4 Å². The first-order valence-corrected chi connectivity index (χ1v) is 13.2. The molecule has 3 aromatic rings. The summed E-state index contributed by atoms with van der Waals surface area (Å²) in [6.45, 7) is 7.12. The molecular formula is C27H36N6O5. The minimum absolute atomic E-state index is 0.0332. The first-order chi connectivity index (χ1) is 18.5. The van der Waals surface area contributed by atoms with Crippen LogP contribution in [0.15, 0.2) is 35.4 Å². The zero-order chi connectivity index (χ0) is 26.9. The Balaban J connectivity index is 1.59. The van der Waals surface area contributed by atoms with E-state index in [9.17, 15) is 9.59 Å². The van der Waals surface area contributed by atoms with Gasteiger partial charge in [0.2, 0.25) is 11.8 Å². The molecule has 0 aliphatic carbocycles. The largest absolute Gasteiger partial charge is 0.481 e. The number of hydrogen-bond acceptors (Lipinski definition) is 9. The number of nitrogens with zero attached hydrogens (tertiary/aromatic N) is 5. The molecule has 0 saturated carbocycles. The number of carbonyl (C=O) groups excluding carboxylic acids is 1. The van der Waals surface area contributed by atoms with Gasteiger partial charge >= 0.3 is 0 Å². The van der Waals surface area contributed by atoms with E-state index >= 15 is 0 Å². The summed E-state index contributed by atoms with van der Waals surface area (Å²) in [5, 5.41) is 2.97. The van der Waals surface area contributed by atoms with Crippen LogP contribution in [0.1, 0.15) is 33.1 Å². The Bertz CT molecular complexity index is 1280. The monoisotopic (exact) mass is 524 g/mol. The van der Waals surface area contributed by atoms with Crippen molar-refractivity contribution >= 4 is 22.9 Å². The Morgan fingerprint density at radius 3 is 2.74 bits per heavy atom. The van der Waals surface area contributed by atoms with Crippen LogP contribution >= 0.6 is 0 Å². The van der Waals surface area contributed by atoms with Crippen molar-refractivity contribution in [1.29, 1.82) is 0 Å². The van der Waals surface area contributed by atoms with E-state index in [0.717, 1.165) is 30.4 Å². The molecule has 1 N–H and O–H groups in total. The maximum absolute atomic E-state index is 13.5. The van der Waals surface area contributed by atoms with Crippen molar-refractivity contribution in [2.24, 2.45) is 0 Å². The van der Waals surface area contributed by atoms with Crippen molar-refractivity contribution in [2.45, 2.75) is 45.8 Å². The minimum atomic E-state index is -0.331. The zero-order valence-corrected chi connectivity index (χ0v) is 22.3. The fraction of sp³-hybridized carbons (Fsp3) is 0.519. The van der Waals surface area contributed by atoms with E-state index in [4.69, 9.17) is 14.2 Å². The second-order valence-electron chi connectivity index (χ2n) is 9.10. The number of ether oxygens (including phenoxy) is 3. The fourth-order valence-electron chi connectivity index (χ4n) is 4.50. The molecule has 1 saturated heterocycles. The van der Waals surface area contributed by atoms with E-state index in [2.05, 4.69) is 20.3 Å². The summed E-state index contributed by atoms with van der Waals surface area (Å²) in [6.07, 6.45) is 6.17. The molecule has 1 aliphatic rings. The molecule has 3 aromatic heterocycles. The molecule has 0 unspecified atom stereocenters. The van der Waals surface area contributed by atoms with Gasteiger partial charge in [0, 0.05) is 62.4 Å². The van der Waals surface area contributed by atoms with Crippen LogP contribution in [0, 0.1) is 0 Å². The molecule has 4 heterocycles. The summed E-state index contributed by atoms with van der Waals surface area (Å²) in [6, 6.07) is 5.52. The van der Waals surface area contributed by atoms with Crippen LogP contribution in [0.25, 0.3) is 22.3 Å². The quantitative estimate of drug-likeness (QED) is 0.357. The first-order valence-electron chi connectivity index (χ1n) is 13.2. The van der Waals surface area contributed by atoms with E-state index in [-0.39, 0.29) is 29.9 Å². The number of rotatable bonds is 12. The van der Waals surface area contributed by atoms with Crippen LogP contribution in [0.2, 0.25) is 0 Å². The smallest absolute Gasteiger partial charge is 0.293 e. The highest BCUT2D eigenvalue weighted by molar-refractivity contribution is 5.82. The van der Waals surface area contributed by atoms with Gasteiger partial charge in [-0.3, -0.25) is 14.2 Å². The maximum atomic E-state index is 13.5. The molecule has 0 bridgehead atoms. The number of likely N-dealkylation sites (tertiary alicyclic amines) is 1. The van der Waals surface area contributed by atoms with Gasteiger partial charge in [0.1, 0.15) is 0 Å². The molecule has 38 heavy (non-hydrogen) atoms. The predicted molar refractivity (Wildman–Crippen MR) is 144 cm³/mol. The lowest BCUT2D eigenvalue weighted by molar-refractivity contribution is -0.133. The highest BCUT2D eigenvalue weighted by Crippen LogP contribution is 2.23. The van der Waals surface area contributed by atoms with Gasteiger partial charge in [-0.25, -0.2) is 15.0 Å².